The first-order valence-electron chi connectivity index (χ1n) is 10.0. The minimum Gasteiger partial charge on any atom is -0.497 e. The van der Waals surface area contributed by atoms with E-state index in [0.29, 0.717) is 30.2 Å². The molecule has 5 nitrogen and oxygen atoms in total. The Morgan fingerprint density at radius 3 is 2.03 bits per heavy atom. The SMILES string of the molecule is COc1ccc(COC(=O)C2CCN(Cc3ccc(OC)cc3)CC2C(F)(F)F)cc1. The third-order valence-electron chi connectivity index (χ3n) is 5.53. The van der Waals surface area contributed by atoms with E-state index in [1.807, 2.05) is 12.1 Å². The maximum atomic E-state index is 13.7. The fourth-order valence-electron chi connectivity index (χ4n) is 3.75. The number of alkyl halides is 3. The van der Waals surface area contributed by atoms with Crippen LogP contribution in [0, 0.1) is 11.8 Å². The zero-order valence-electron chi connectivity index (χ0n) is 17.5. The van der Waals surface area contributed by atoms with E-state index in [0.717, 1.165) is 5.56 Å². The lowest BCUT2D eigenvalue weighted by atomic mass is 9.84. The number of carbonyl (C=O) groups excluding carboxylic acids is 1. The van der Waals surface area contributed by atoms with Gasteiger partial charge >= 0.3 is 12.1 Å². The van der Waals surface area contributed by atoms with Gasteiger partial charge in [0.15, 0.2) is 0 Å². The third kappa shape index (κ3) is 6.13. The molecule has 0 bridgehead atoms. The summed E-state index contributed by atoms with van der Waals surface area (Å²) < 4.78 is 56.6. The normalized spacial score (nSPS) is 19.6. The van der Waals surface area contributed by atoms with Crippen LogP contribution in [0.1, 0.15) is 17.5 Å². The zero-order valence-corrected chi connectivity index (χ0v) is 17.5. The summed E-state index contributed by atoms with van der Waals surface area (Å²) in [4.78, 5) is 14.2. The molecule has 2 atom stereocenters. The van der Waals surface area contributed by atoms with Crippen LogP contribution < -0.4 is 9.47 Å². The minimum atomic E-state index is -4.48. The van der Waals surface area contributed by atoms with Gasteiger partial charge in [-0.15, -0.1) is 0 Å². The lowest BCUT2D eigenvalue weighted by molar-refractivity contribution is -0.210. The molecule has 1 aliphatic heterocycles. The molecule has 168 valence electrons. The lowest BCUT2D eigenvalue weighted by Gasteiger charge is -2.38. The molecule has 2 aromatic rings. The van der Waals surface area contributed by atoms with Crippen LogP contribution in [0.25, 0.3) is 0 Å². The molecule has 0 spiro atoms. The Labute approximate surface area is 179 Å². The van der Waals surface area contributed by atoms with Gasteiger partial charge in [0.05, 0.1) is 26.1 Å². The van der Waals surface area contributed by atoms with Gasteiger partial charge in [-0.05, 0) is 48.4 Å². The van der Waals surface area contributed by atoms with Gasteiger partial charge in [-0.2, -0.15) is 13.2 Å². The Kier molecular flexibility index (Phi) is 7.43. The Morgan fingerprint density at radius 1 is 0.968 bits per heavy atom. The molecule has 0 radical (unpaired) electrons. The van der Waals surface area contributed by atoms with Crippen LogP contribution in [0.15, 0.2) is 48.5 Å². The number of halogens is 3. The molecule has 1 saturated heterocycles. The van der Waals surface area contributed by atoms with Gasteiger partial charge in [0.2, 0.25) is 0 Å². The van der Waals surface area contributed by atoms with Crippen molar-refractivity contribution in [3.05, 3.63) is 59.7 Å². The molecule has 0 aromatic heterocycles. The van der Waals surface area contributed by atoms with Crippen LogP contribution in [0.2, 0.25) is 0 Å². The highest BCUT2D eigenvalue weighted by Gasteiger charge is 2.50. The van der Waals surface area contributed by atoms with Crippen molar-refractivity contribution in [2.24, 2.45) is 11.8 Å². The van der Waals surface area contributed by atoms with E-state index >= 15 is 0 Å². The molecule has 0 N–H and O–H groups in total. The van der Waals surface area contributed by atoms with Crippen LogP contribution in [0.5, 0.6) is 11.5 Å². The summed E-state index contributed by atoms with van der Waals surface area (Å²) in [5, 5.41) is 0. The van der Waals surface area contributed by atoms with Gasteiger partial charge in [0.1, 0.15) is 18.1 Å². The van der Waals surface area contributed by atoms with Gasteiger partial charge in [-0.3, -0.25) is 9.69 Å². The summed E-state index contributed by atoms with van der Waals surface area (Å²) >= 11 is 0. The molecule has 1 aliphatic rings. The average Bonchev–Trinajstić information content (AvgIpc) is 2.77. The van der Waals surface area contributed by atoms with Crippen LogP contribution in [0.3, 0.4) is 0 Å². The van der Waals surface area contributed by atoms with Crippen molar-refractivity contribution in [2.45, 2.75) is 25.7 Å². The fraction of sp³-hybridized carbons (Fsp3) is 0.435. The quantitative estimate of drug-likeness (QED) is 0.599. The molecule has 2 unspecified atom stereocenters. The summed E-state index contributed by atoms with van der Waals surface area (Å²) in [5.74, 6) is -2.43. The molecule has 3 rings (SSSR count). The predicted octanol–water partition coefficient (Wildman–Crippen LogP) is 4.45. The maximum Gasteiger partial charge on any atom is 0.393 e. The number of benzene rings is 2. The van der Waals surface area contributed by atoms with Gasteiger partial charge in [-0.25, -0.2) is 0 Å². The van der Waals surface area contributed by atoms with Crippen molar-refractivity contribution in [1.82, 2.24) is 4.90 Å². The number of ether oxygens (including phenoxy) is 3. The molecule has 0 aliphatic carbocycles. The maximum absolute atomic E-state index is 13.7. The predicted molar refractivity (Wildman–Crippen MR) is 109 cm³/mol. The van der Waals surface area contributed by atoms with Crippen molar-refractivity contribution in [2.75, 3.05) is 27.3 Å². The Balaban J connectivity index is 1.61. The number of methoxy groups -OCH3 is 2. The largest absolute Gasteiger partial charge is 0.497 e. The Morgan fingerprint density at radius 2 is 1.52 bits per heavy atom. The Hall–Kier alpha value is -2.74. The van der Waals surface area contributed by atoms with Crippen molar-refractivity contribution in [3.63, 3.8) is 0 Å². The number of piperidine rings is 1. The number of carbonyl (C=O) groups is 1. The second-order valence-electron chi connectivity index (χ2n) is 7.58. The molecule has 2 aromatic carbocycles. The van der Waals surface area contributed by atoms with Gasteiger partial charge < -0.3 is 14.2 Å². The van der Waals surface area contributed by atoms with Gasteiger partial charge in [-0.1, -0.05) is 24.3 Å². The molecule has 0 saturated carbocycles. The average molecular weight is 437 g/mol. The van der Waals surface area contributed by atoms with Crippen LogP contribution in [-0.4, -0.2) is 44.4 Å². The highest BCUT2D eigenvalue weighted by molar-refractivity contribution is 5.73. The first kappa shape index (κ1) is 22.9. The molecular weight excluding hydrogens is 411 g/mol. The molecule has 0 amide bonds. The number of esters is 1. The monoisotopic (exact) mass is 437 g/mol. The second kappa shape index (κ2) is 10.0. The summed E-state index contributed by atoms with van der Waals surface area (Å²) in [7, 11) is 3.09. The number of hydrogen-bond acceptors (Lipinski definition) is 5. The van der Waals surface area contributed by atoms with Crippen LogP contribution >= 0.6 is 0 Å². The standard InChI is InChI=1S/C23H26F3NO4/c1-29-18-7-3-16(4-8-18)13-27-12-11-20(21(14-27)23(24,25)26)22(28)31-15-17-5-9-19(30-2)10-6-17/h3-10,20-21H,11-15H2,1-2H3. The topological polar surface area (TPSA) is 48.0 Å². The molecule has 1 heterocycles. The van der Waals surface area contributed by atoms with E-state index in [9.17, 15) is 18.0 Å². The van der Waals surface area contributed by atoms with E-state index in [1.165, 1.54) is 7.11 Å². The van der Waals surface area contributed by atoms with Crippen LogP contribution in [-0.2, 0) is 22.7 Å². The smallest absolute Gasteiger partial charge is 0.393 e. The number of rotatable bonds is 7. The lowest BCUT2D eigenvalue weighted by Crippen LogP contribution is -2.49. The van der Waals surface area contributed by atoms with Crippen LogP contribution in [0.4, 0.5) is 13.2 Å². The summed E-state index contributed by atoms with van der Waals surface area (Å²) in [6, 6.07) is 14.1. The van der Waals surface area contributed by atoms with E-state index in [4.69, 9.17) is 14.2 Å². The number of nitrogens with zero attached hydrogens (tertiary/aromatic N) is 1. The van der Waals surface area contributed by atoms with Crippen molar-refractivity contribution in [1.29, 1.82) is 0 Å². The molecule has 1 fully saturated rings. The first-order valence-corrected chi connectivity index (χ1v) is 10.0. The van der Waals surface area contributed by atoms with E-state index in [-0.39, 0.29) is 19.6 Å². The second-order valence-corrected chi connectivity index (χ2v) is 7.58. The summed E-state index contributed by atoms with van der Waals surface area (Å²) in [6.07, 6.45) is -4.38. The molecule has 31 heavy (non-hydrogen) atoms. The Bertz CT molecular complexity index is 853. The highest BCUT2D eigenvalue weighted by Crippen LogP contribution is 2.38. The third-order valence-corrected chi connectivity index (χ3v) is 5.53. The number of likely N-dealkylation sites (tertiary alicyclic amines) is 1. The zero-order chi connectivity index (χ0) is 22.4. The number of hydrogen-bond donors (Lipinski definition) is 0. The van der Waals surface area contributed by atoms with Crippen molar-refractivity contribution in [3.8, 4) is 11.5 Å². The van der Waals surface area contributed by atoms with Gasteiger partial charge in [0, 0.05) is 13.1 Å². The molecule has 8 heteroatoms. The minimum absolute atomic E-state index is 0.0700. The van der Waals surface area contributed by atoms with Gasteiger partial charge in [0.25, 0.3) is 0 Å². The summed E-state index contributed by atoms with van der Waals surface area (Å²) in [6.45, 7) is 0.461. The highest BCUT2D eigenvalue weighted by atomic mass is 19.4. The van der Waals surface area contributed by atoms with E-state index in [1.54, 1.807) is 48.4 Å². The van der Waals surface area contributed by atoms with Crippen molar-refractivity contribution < 1.29 is 32.2 Å². The fourth-order valence-corrected chi connectivity index (χ4v) is 3.75. The van der Waals surface area contributed by atoms with E-state index in [2.05, 4.69) is 0 Å². The summed E-state index contributed by atoms with van der Waals surface area (Å²) in [5.41, 5.74) is 1.58. The van der Waals surface area contributed by atoms with Crippen molar-refractivity contribution >= 4 is 5.97 Å². The van der Waals surface area contributed by atoms with E-state index < -0.39 is 24.0 Å². The molecular formula is C23H26F3NO4. The first-order chi connectivity index (χ1) is 14.8.